The molecule has 0 saturated heterocycles. The van der Waals surface area contributed by atoms with Crippen LogP contribution in [0.4, 0.5) is 4.39 Å². The summed E-state index contributed by atoms with van der Waals surface area (Å²) in [6.07, 6.45) is 0. The third-order valence-corrected chi connectivity index (χ3v) is 3.39. The monoisotopic (exact) mass is 313 g/mol. The lowest BCUT2D eigenvalue weighted by Gasteiger charge is -2.12. The number of imidazole rings is 1. The van der Waals surface area contributed by atoms with Gasteiger partial charge in [-0.25, -0.2) is 9.37 Å². The average molecular weight is 313 g/mol. The zero-order chi connectivity index (χ0) is 16.2. The molecule has 0 aliphatic heterocycles. The van der Waals surface area contributed by atoms with E-state index < -0.39 is 5.82 Å². The smallest absolute Gasteiger partial charge is 0.258 e. The highest BCUT2D eigenvalue weighted by Crippen LogP contribution is 2.16. The number of nitrogens with one attached hydrogen (secondary N) is 2. The van der Waals surface area contributed by atoms with Crippen molar-refractivity contribution in [2.45, 2.75) is 13.0 Å². The van der Waals surface area contributed by atoms with E-state index >= 15 is 0 Å². The van der Waals surface area contributed by atoms with Crippen LogP contribution in [0.2, 0.25) is 0 Å². The quantitative estimate of drug-likeness (QED) is 0.761. The first-order valence-electron chi connectivity index (χ1n) is 7.25. The fraction of sp³-hybridized carbons (Fsp3) is 0.176. The molecule has 118 valence electrons. The molecule has 2 aromatic carbocycles. The lowest BCUT2D eigenvalue weighted by molar-refractivity contribution is -0.123. The molecule has 3 aromatic rings. The first kappa shape index (κ1) is 15.0. The number of carbonyl (C=O) groups is 1. The van der Waals surface area contributed by atoms with Gasteiger partial charge in [0, 0.05) is 0 Å². The molecule has 1 heterocycles. The van der Waals surface area contributed by atoms with Crippen molar-refractivity contribution in [1.82, 2.24) is 15.3 Å². The van der Waals surface area contributed by atoms with Crippen LogP contribution < -0.4 is 10.1 Å². The summed E-state index contributed by atoms with van der Waals surface area (Å²) in [5.74, 6) is -0.128. The van der Waals surface area contributed by atoms with Gasteiger partial charge in [-0.1, -0.05) is 24.3 Å². The second-order valence-corrected chi connectivity index (χ2v) is 5.15. The van der Waals surface area contributed by atoms with Crippen molar-refractivity contribution in [3.05, 3.63) is 60.2 Å². The number of nitrogens with zero attached hydrogens (tertiary/aromatic N) is 1. The standard InChI is InChI=1S/C17H16FN3O2/c1-11(17-20-13-7-3-4-8-14(13)21-17)19-16(22)10-23-15-9-5-2-6-12(15)18/h2-9,11H,10H2,1H3,(H,19,22)(H,20,21). The van der Waals surface area contributed by atoms with Gasteiger partial charge in [0.2, 0.25) is 0 Å². The maximum absolute atomic E-state index is 13.4. The molecule has 2 N–H and O–H groups in total. The summed E-state index contributed by atoms with van der Waals surface area (Å²) in [5, 5.41) is 2.77. The van der Waals surface area contributed by atoms with Crippen molar-refractivity contribution in [2.75, 3.05) is 6.61 Å². The van der Waals surface area contributed by atoms with Gasteiger partial charge < -0.3 is 15.0 Å². The molecule has 0 fully saturated rings. The number of hydrogen-bond acceptors (Lipinski definition) is 3. The molecule has 0 saturated carbocycles. The van der Waals surface area contributed by atoms with Gasteiger partial charge in [0.25, 0.3) is 5.91 Å². The number of hydrogen-bond donors (Lipinski definition) is 2. The lowest BCUT2D eigenvalue weighted by Crippen LogP contribution is -2.31. The summed E-state index contributed by atoms with van der Waals surface area (Å²) in [4.78, 5) is 19.5. The Morgan fingerprint density at radius 1 is 1.26 bits per heavy atom. The fourth-order valence-electron chi connectivity index (χ4n) is 2.23. The van der Waals surface area contributed by atoms with Gasteiger partial charge >= 0.3 is 0 Å². The number of fused-ring (bicyclic) bond motifs is 1. The van der Waals surface area contributed by atoms with Crippen LogP contribution in [-0.2, 0) is 4.79 Å². The van der Waals surface area contributed by atoms with E-state index in [0.29, 0.717) is 5.82 Å². The van der Waals surface area contributed by atoms with E-state index in [1.807, 2.05) is 31.2 Å². The van der Waals surface area contributed by atoms with Gasteiger partial charge in [-0.15, -0.1) is 0 Å². The van der Waals surface area contributed by atoms with Crippen LogP contribution >= 0.6 is 0 Å². The topological polar surface area (TPSA) is 67.0 Å². The summed E-state index contributed by atoms with van der Waals surface area (Å²) in [6.45, 7) is 1.56. The van der Waals surface area contributed by atoms with Crippen molar-refractivity contribution in [3.63, 3.8) is 0 Å². The number of para-hydroxylation sites is 3. The fourth-order valence-corrected chi connectivity index (χ4v) is 2.23. The van der Waals surface area contributed by atoms with E-state index in [1.54, 1.807) is 12.1 Å². The Bertz CT molecular complexity index is 798. The van der Waals surface area contributed by atoms with Crippen molar-refractivity contribution >= 4 is 16.9 Å². The van der Waals surface area contributed by atoms with Crippen molar-refractivity contribution in [1.29, 1.82) is 0 Å². The van der Waals surface area contributed by atoms with Crippen LogP contribution in [-0.4, -0.2) is 22.5 Å². The molecule has 1 amide bonds. The van der Waals surface area contributed by atoms with E-state index in [1.165, 1.54) is 12.1 Å². The molecule has 0 spiro atoms. The number of ether oxygens (including phenoxy) is 1. The summed E-state index contributed by atoms with van der Waals surface area (Å²) in [7, 11) is 0. The molecule has 0 bridgehead atoms. The largest absolute Gasteiger partial charge is 0.481 e. The Hall–Kier alpha value is -2.89. The van der Waals surface area contributed by atoms with Crippen molar-refractivity contribution < 1.29 is 13.9 Å². The first-order valence-corrected chi connectivity index (χ1v) is 7.25. The number of aromatic nitrogens is 2. The zero-order valence-corrected chi connectivity index (χ0v) is 12.5. The maximum atomic E-state index is 13.4. The second-order valence-electron chi connectivity index (χ2n) is 5.15. The third-order valence-electron chi connectivity index (χ3n) is 3.39. The highest BCUT2D eigenvalue weighted by atomic mass is 19.1. The van der Waals surface area contributed by atoms with Gasteiger partial charge in [-0.2, -0.15) is 0 Å². The minimum absolute atomic E-state index is 0.0547. The number of carbonyl (C=O) groups excluding carboxylic acids is 1. The highest BCUT2D eigenvalue weighted by Gasteiger charge is 2.14. The number of benzene rings is 2. The molecule has 1 aromatic heterocycles. The summed E-state index contributed by atoms with van der Waals surface area (Å²) in [5.41, 5.74) is 1.75. The molecular formula is C17H16FN3O2. The molecule has 0 radical (unpaired) electrons. The summed E-state index contributed by atoms with van der Waals surface area (Å²) in [6, 6.07) is 13.3. The van der Waals surface area contributed by atoms with E-state index in [-0.39, 0.29) is 24.3 Å². The number of halogens is 1. The molecule has 1 unspecified atom stereocenters. The second kappa shape index (κ2) is 6.48. The van der Waals surface area contributed by atoms with Gasteiger partial charge in [-0.3, -0.25) is 4.79 Å². The van der Waals surface area contributed by atoms with Crippen LogP contribution in [0.3, 0.4) is 0 Å². The number of aromatic amines is 1. The molecule has 3 rings (SSSR count). The van der Waals surface area contributed by atoms with Gasteiger partial charge in [0.15, 0.2) is 18.2 Å². The molecule has 5 nitrogen and oxygen atoms in total. The molecule has 23 heavy (non-hydrogen) atoms. The number of H-pyrrole nitrogens is 1. The number of rotatable bonds is 5. The van der Waals surface area contributed by atoms with E-state index in [9.17, 15) is 9.18 Å². The normalized spacial score (nSPS) is 12.1. The summed E-state index contributed by atoms with van der Waals surface area (Å²) < 4.78 is 18.6. The van der Waals surface area contributed by atoms with E-state index in [0.717, 1.165) is 11.0 Å². The summed E-state index contributed by atoms with van der Waals surface area (Å²) >= 11 is 0. The average Bonchev–Trinajstić information content (AvgIpc) is 2.98. The van der Waals surface area contributed by atoms with Gasteiger partial charge in [0.05, 0.1) is 17.1 Å². The first-order chi connectivity index (χ1) is 11.1. The molecule has 0 aliphatic rings. The molecule has 0 aliphatic carbocycles. The SMILES string of the molecule is CC(NC(=O)COc1ccccc1F)c1nc2ccccc2[nH]1. The predicted molar refractivity (Wildman–Crippen MR) is 84.5 cm³/mol. The Balaban J connectivity index is 1.60. The molecule has 1 atom stereocenters. The van der Waals surface area contributed by atoms with Crippen LogP contribution in [0.15, 0.2) is 48.5 Å². The van der Waals surface area contributed by atoms with Gasteiger partial charge in [0.1, 0.15) is 5.82 Å². The highest BCUT2D eigenvalue weighted by molar-refractivity contribution is 5.78. The third kappa shape index (κ3) is 3.48. The Morgan fingerprint density at radius 3 is 2.78 bits per heavy atom. The lowest BCUT2D eigenvalue weighted by atomic mass is 10.3. The van der Waals surface area contributed by atoms with Crippen LogP contribution in [0, 0.1) is 5.82 Å². The molecular weight excluding hydrogens is 297 g/mol. The van der Waals surface area contributed by atoms with Crippen LogP contribution in [0.25, 0.3) is 11.0 Å². The Morgan fingerprint density at radius 2 is 2.00 bits per heavy atom. The van der Waals surface area contributed by atoms with E-state index in [4.69, 9.17) is 4.74 Å². The van der Waals surface area contributed by atoms with Crippen molar-refractivity contribution in [2.24, 2.45) is 0 Å². The number of amides is 1. The molecule has 6 heteroatoms. The van der Waals surface area contributed by atoms with Crippen LogP contribution in [0.1, 0.15) is 18.8 Å². The minimum atomic E-state index is -0.495. The van der Waals surface area contributed by atoms with Crippen molar-refractivity contribution in [3.8, 4) is 5.75 Å². The minimum Gasteiger partial charge on any atom is -0.481 e. The maximum Gasteiger partial charge on any atom is 0.258 e. The predicted octanol–water partition coefficient (Wildman–Crippen LogP) is 2.96. The zero-order valence-electron chi connectivity index (χ0n) is 12.5. The van der Waals surface area contributed by atoms with E-state index in [2.05, 4.69) is 15.3 Å². The Labute approximate surface area is 132 Å². The Kier molecular flexibility index (Phi) is 4.23. The van der Waals surface area contributed by atoms with Crippen LogP contribution in [0.5, 0.6) is 5.75 Å². The van der Waals surface area contributed by atoms with Gasteiger partial charge in [-0.05, 0) is 31.2 Å².